The minimum atomic E-state index is -0.194. The highest BCUT2D eigenvalue weighted by molar-refractivity contribution is 7.09. The van der Waals surface area contributed by atoms with Gasteiger partial charge in [-0.15, -0.1) is 11.3 Å². The van der Waals surface area contributed by atoms with E-state index in [1.165, 1.54) is 0 Å². The van der Waals surface area contributed by atoms with E-state index in [-0.39, 0.29) is 5.91 Å². The molecule has 0 aliphatic heterocycles. The molecule has 1 aromatic heterocycles. The van der Waals surface area contributed by atoms with Crippen molar-refractivity contribution in [1.29, 1.82) is 0 Å². The fraction of sp³-hybridized carbons (Fsp3) is 0.0833. The van der Waals surface area contributed by atoms with E-state index in [4.69, 9.17) is 23.2 Å². The van der Waals surface area contributed by atoms with E-state index < -0.39 is 0 Å². The molecule has 0 aliphatic carbocycles. The first-order valence-electron chi connectivity index (χ1n) is 4.92. The van der Waals surface area contributed by atoms with E-state index in [2.05, 4.69) is 5.32 Å². The number of rotatable bonds is 3. The highest BCUT2D eigenvalue weighted by Gasteiger charge is 2.10. The number of amides is 1. The molecule has 0 fully saturated rings. The lowest BCUT2D eigenvalue weighted by Crippen LogP contribution is -2.22. The number of nitrogens with one attached hydrogen (secondary N) is 1. The molecule has 0 saturated heterocycles. The van der Waals surface area contributed by atoms with Gasteiger partial charge in [-0.3, -0.25) is 4.79 Å². The van der Waals surface area contributed by atoms with Crippen LogP contribution in [0, 0.1) is 0 Å². The quantitative estimate of drug-likeness (QED) is 0.908. The lowest BCUT2D eigenvalue weighted by atomic mass is 10.2. The molecule has 0 spiro atoms. The number of hydrogen-bond acceptors (Lipinski definition) is 2. The predicted molar refractivity (Wildman–Crippen MR) is 72.0 cm³/mol. The molecule has 2 rings (SSSR count). The molecule has 0 saturated carbocycles. The Labute approximate surface area is 113 Å². The minimum Gasteiger partial charge on any atom is -0.347 e. The molecule has 2 nitrogen and oxygen atoms in total. The molecule has 1 amide bonds. The fourth-order valence-corrected chi connectivity index (χ4v) is 2.49. The van der Waals surface area contributed by atoms with Gasteiger partial charge in [0.1, 0.15) is 0 Å². The third kappa shape index (κ3) is 3.22. The van der Waals surface area contributed by atoms with Crippen LogP contribution in [0.3, 0.4) is 0 Å². The summed E-state index contributed by atoms with van der Waals surface area (Å²) in [6, 6.07) is 8.74. The number of hydrogen-bond donors (Lipinski definition) is 1. The third-order valence-electron chi connectivity index (χ3n) is 2.18. The van der Waals surface area contributed by atoms with Gasteiger partial charge in [-0.2, -0.15) is 0 Å². The Morgan fingerprint density at radius 2 is 2.12 bits per heavy atom. The van der Waals surface area contributed by atoms with Crippen LogP contribution in [0.2, 0.25) is 10.0 Å². The van der Waals surface area contributed by atoms with Gasteiger partial charge in [-0.1, -0.05) is 29.3 Å². The van der Waals surface area contributed by atoms with Crippen LogP contribution in [0.5, 0.6) is 0 Å². The van der Waals surface area contributed by atoms with Crippen LogP contribution in [0.1, 0.15) is 15.2 Å². The first kappa shape index (κ1) is 12.4. The van der Waals surface area contributed by atoms with Crippen molar-refractivity contribution < 1.29 is 4.79 Å². The second-order valence-corrected chi connectivity index (χ2v) is 5.26. The molecule has 17 heavy (non-hydrogen) atoms. The Bertz CT molecular complexity index is 525. The number of thiophene rings is 1. The van der Waals surface area contributed by atoms with Crippen molar-refractivity contribution in [1.82, 2.24) is 5.32 Å². The zero-order chi connectivity index (χ0) is 12.3. The lowest BCUT2D eigenvalue weighted by Gasteiger charge is -2.05. The Morgan fingerprint density at radius 1 is 1.29 bits per heavy atom. The Kier molecular flexibility index (Phi) is 4.05. The van der Waals surface area contributed by atoms with Crippen molar-refractivity contribution in [2.24, 2.45) is 0 Å². The largest absolute Gasteiger partial charge is 0.347 e. The average Bonchev–Trinajstić information content (AvgIpc) is 2.78. The van der Waals surface area contributed by atoms with Crippen LogP contribution in [-0.4, -0.2) is 5.91 Å². The van der Waals surface area contributed by atoms with Crippen molar-refractivity contribution in [3.05, 3.63) is 56.2 Å². The fourth-order valence-electron chi connectivity index (χ4n) is 1.35. The summed E-state index contributed by atoms with van der Waals surface area (Å²) in [5.74, 6) is -0.194. The van der Waals surface area contributed by atoms with Crippen molar-refractivity contribution in [3.63, 3.8) is 0 Å². The molecule has 0 bridgehead atoms. The predicted octanol–water partition coefficient (Wildman–Crippen LogP) is 3.98. The maximum atomic E-state index is 11.8. The number of benzene rings is 1. The number of carbonyl (C=O) groups is 1. The SMILES string of the molecule is O=C(NCc1cccs1)c1ccc(Cl)cc1Cl. The standard InChI is InChI=1S/C12H9Cl2NOS/c13-8-3-4-10(11(14)6-8)12(16)15-7-9-2-1-5-17-9/h1-6H,7H2,(H,15,16). The van der Waals surface area contributed by atoms with E-state index in [1.54, 1.807) is 29.5 Å². The van der Waals surface area contributed by atoms with E-state index in [0.29, 0.717) is 22.2 Å². The van der Waals surface area contributed by atoms with Crippen molar-refractivity contribution in [2.75, 3.05) is 0 Å². The average molecular weight is 286 g/mol. The third-order valence-corrected chi connectivity index (χ3v) is 3.60. The molecule has 5 heteroatoms. The van der Waals surface area contributed by atoms with Gasteiger partial charge in [-0.05, 0) is 29.6 Å². The second-order valence-electron chi connectivity index (χ2n) is 3.39. The van der Waals surface area contributed by atoms with Crippen LogP contribution in [0.4, 0.5) is 0 Å². The molecule has 0 aliphatic rings. The molecular weight excluding hydrogens is 277 g/mol. The molecular formula is C12H9Cl2NOS. The van der Waals surface area contributed by atoms with E-state index in [9.17, 15) is 4.79 Å². The number of halogens is 2. The Morgan fingerprint density at radius 3 is 2.76 bits per heavy atom. The van der Waals surface area contributed by atoms with Crippen LogP contribution in [0.15, 0.2) is 35.7 Å². The van der Waals surface area contributed by atoms with Gasteiger partial charge in [0.2, 0.25) is 0 Å². The first-order chi connectivity index (χ1) is 8.16. The van der Waals surface area contributed by atoms with E-state index in [0.717, 1.165) is 4.88 Å². The highest BCUT2D eigenvalue weighted by Crippen LogP contribution is 2.21. The van der Waals surface area contributed by atoms with Crippen molar-refractivity contribution in [2.45, 2.75) is 6.54 Å². The van der Waals surface area contributed by atoms with Crippen LogP contribution in [0.25, 0.3) is 0 Å². The smallest absolute Gasteiger partial charge is 0.253 e. The lowest BCUT2D eigenvalue weighted by molar-refractivity contribution is 0.0951. The van der Waals surface area contributed by atoms with Gasteiger partial charge in [-0.25, -0.2) is 0 Å². The van der Waals surface area contributed by atoms with Gasteiger partial charge in [0.05, 0.1) is 17.1 Å². The summed E-state index contributed by atoms with van der Waals surface area (Å²) in [6.45, 7) is 0.509. The summed E-state index contributed by atoms with van der Waals surface area (Å²) in [5.41, 5.74) is 0.438. The van der Waals surface area contributed by atoms with E-state index in [1.807, 2.05) is 17.5 Å². The van der Waals surface area contributed by atoms with Gasteiger partial charge < -0.3 is 5.32 Å². The monoisotopic (exact) mass is 285 g/mol. The minimum absolute atomic E-state index is 0.194. The van der Waals surface area contributed by atoms with Crippen molar-refractivity contribution in [3.8, 4) is 0 Å². The zero-order valence-corrected chi connectivity index (χ0v) is 11.1. The molecule has 0 radical (unpaired) electrons. The summed E-state index contributed by atoms with van der Waals surface area (Å²) in [4.78, 5) is 12.9. The van der Waals surface area contributed by atoms with Crippen LogP contribution < -0.4 is 5.32 Å². The second kappa shape index (κ2) is 5.54. The van der Waals surface area contributed by atoms with Gasteiger partial charge in [0, 0.05) is 9.90 Å². The summed E-state index contributed by atoms with van der Waals surface area (Å²) >= 11 is 13.3. The van der Waals surface area contributed by atoms with Crippen LogP contribution in [-0.2, 0) is 6.54 Å². The zero-order valence-electron chi connectivity index (χ0n) is 8.74. The summed E-state index contributed by atoms with van der Waals surface area (Å²) in [6.07, 6.45) is 0. The molecule has 0 atom stereocenters. The highest BCUT2D eigenvalue weighted by atomic mass is 35.5. The Hall–Kier alpha value is -1.03. The normalized spacial score (nSPS) is 10.2. The topological polar surface area (TPSA) is 29.1 Å². The summed E-state index contributed by atoms with van der Waals surface area (Å²) in [5, 5.41) is 5.66. The summed E-state index contributed by atoms with van der Waals surface area (Å²) in [7, 11) is 0. The van der Waals surface area contributed by atoms with Gasteiger partial charge >= 0.3 is 0 Å². The van der Waals surface area contributed by atoms with E-state index >= 15 is 0 Å². The molecule has 1 heterocycles. The number of carbonyl (C=O) groups excluding carboxylic acids is 1. The summed E-state index contributed by atoms with van der Waals surface area (Å²) < 4.78 is 0. The first-order valence-corrected chi connectivity index (χ1v) is 6.56. The maximum absolute atomic E-state index is 11.8. The Balaban J connectivity index is 2.04. The molecule has 88 valence electrons. The van der Waals surface area contributed by atoms with Crippen molar-refractivity contribution >= 4 is 40.4 Å². The molecule has 2 aromatic rings. The van der Waals surface area contributed by atoms with Gasteiger partial charge in [0.25, 0.3) is 5.91 Å². The van der Waals surface area contributed by atoms with Crippen LogP contribution >= 0.6 is 34.5 Å². The van der Waals surface area contributed by atoms with Gasteiger partial charge in [0.15, 0.2) is 0 Å². The molecule has 0 unspecified atom stereocenters. The maximum Gasteiger partial charge on any atom is 0.253 e. The molecule has 1 N–H and O–H groups in total. The molecule has 1 aromatic carbocycles.